The first kappa shape index (κ1) is 21.3. The van der Waals surface area contributed by atoms with Gasteiger partial charge in [0.1, 0.15) is 6.10 Å². The Labute approximate surface area is 171 Å². The molecule has 0 saturated heterocycles. The molecular formula is C23H25O5P. The van der Waals surface area contributed by atoms with Gasteiger partial charge in [0.05, 0.1) is 24.1 Å². The fraction of sp³-hybridized carbons (Fsp3) is 0.261. The number of fused-ring (bicyclic) bond motifs is 1. The number of rotatable bonds is 8. The first-order chi connectivity index (χ1) is 14.0. The fourth-order valence-electron chi connectivity index (χ4n) is 3.06. The molecule has 0 aliphatic heterocycles. The second-order valence-corrected chi connectivity index (χ2v) is 8.56. The summed E-state index contributed by atoms with van der Waals surface area (Å²) in [5.74, 6) is -0.445. The van der Waals surface area contributed by atoms with E-state index in [2.05, 4.69) is 0 Å². The summed E-state index contributed by atoms with van der Waals surface area (Å²) < 4.78 is 29.1. The van der Waals surface area contributed by atoms with Crippen LogP contribution in [0.2, 0.25) is 0 Å². The number of hydrogen-bond acceptors (Lipinski definition) is 5. The minimum atomic E-state index is -3.37. The molecular weight excluding hydrogens is 387 g/mol. The monoisotopic (exact) mass is 412 g/mol. The molecule has 0 fully saturated rings. The Hall–Kier alpha value is -2.46. The van der Waals surface area contributed by atoms with E-state index in [4.69, 9.17) is 13.8 Å². The molecule has 3 aromatic rings. The maximum Gasteiger partial charge on any atom is 0.361 e. The fourth-order valence-corrected chi connectivity index (χ4v) is 4.63. The van der Waals surface area contributed by atoms with E-state index in [1.165, 1.54) is 0 Å². The van der Waals surface area contributed by atoms with E-state index in [0.29, 0.717) is 10.9 Å². The van der Waals surface area contributed by atoms with Gasteiger partial charge in [0.25, 0.3) is 0 Å². The third-order valence-electron chi connectivity index (χ3n) is 4.54. The zero-order chi connectivity index (χ0) is 20.9. The van der Waals surface area contributed by atoms with E-state index in [-0.39, 0.29) is 13.2 Å². The van der Waals surface area contributed by atoms with Gasteiger partial charge in [-0.1, -0.05) is 36.4 Å². The van der Waals surface area contributed by atoms with Crippen LogP contribution in [0, 0.1) is 0 Å². The maximum absolute atomic E-state index is 12.8. The minimum Gasteiger partial charge on any atom is -0.454 e. The maximum atomic E-state index is 12.8. The van der Waals surface area contributed by atoms with E-state index >= 15 is 0 Å². The zero-order valence-corrected chi connectivity index (χ0v) is 17.7. The van der Waals surface area contributed by atoms with Crippen LogP contribution in [-0.2, 0) is 18.3 Å². The van der Waals surface area contributed by atoms with Crippen LogP contribution < -0.4 is 5.30 Å². The van der Waals surface area contributed by atoms with Gasteiger partial charge < -0.3 is 13.8 Å². The van der Waals surface area contributed by atoms with Crippen LogP contribution in [0.5, 0.6) is 0 Å². The normalized spacial score (nSPS) is 12.7. The van der Waals surface area contributed by atoms with E-state index in [1.54, 1.807) is 38.1 Å². The molecule has 0 aliphatic rings. The molecule has 0 heterocycles. The highest BCUT2D eigenvalue weighted by Gasteiger charge is 2.27. The Bertz CT molecular complexity index is 1020. The molecule has 0 N–H and O–H groups in total. The minimum absolute atomic E-state index is 0.268. The molecule has 152 valence electrons. The van der Waals surface area contributed by atoms with Crippen molar-refractivity contribution in [1.82, 2.24) is 0 Å². The quantitative estimate of drug-likeness (QED) is 0.353. The molecule has 29 heavy (non-hydrogen) atoms. The van der Waals surface area contributed by atoms with E-state index in [0.717, 1.165) is 16.3 Å². The molecule has 3 aromatic carbocycles. The van der Waals surface area contributed by atoms with Crippen LogP contribution in [0.15, 0.2) is 66.7 Å². The second-order valence-electron chi connectivity index (χ2n) is 6.53. The van der Waals surface area contributed by atoms with E-state index < -0.39 is 19.7 Å². The number of hydrogen-bond donors (Lipinski definition) is 0. The summed E-state index contributed by atoms with van der Waals surface area (Å²) in [6.45, 7) is 5.89. The summed E-state index contributed by atoms with van der Waals surface area (Å²) in [7, 11) is -3.37. The van der Waals surface area contributed by atoms with Crippen LogP contribution in [0.25, 0.3) is 10.8 Å². The molecule has 0 radical (unpaired) electrons. The van der Waals surface area contributed by atoms with Crippen molar-refractivity contribution < 1.29 is 23.1 Å². The van der Waals surface area contributed by atoms with Gasteiger partial charge in [-0.2, -0.15) is 0 Å². The summed E-state index contributed by atoms with van der Waals surface area (Å²) in [6.07, 6.45) is -0.398. The average molecular weight is 412 g/mol. The Morgan fingerprint density at radius 1 is 0.897 bits per heavy atom. The van der Waals surface area contributed by atoms with Crippen molar-refractivity contribution in [3.05, 3.63) is 77.9 Å². The van der Waals surface area contributed by atoms with Crippen molar-refractivity contribution >= 4 is 29.6 Å². The zero-order valence-electron chi connectivity index (χ0n) is 16.8. The molecule has 0 aliphatic carbocycles. The predicted molar refractivity (Wildman–Crippen MR) is 115 cm³/mol. The topological polar surface area (TPSA) is 61.8 Å². The molecule has 0 saturated carbocycles. The molecule has 0 amide bonds. The third kappa shape index (κ3) is 4.94. The Kier molecular flexibility index (Phi) is 6.86. The van der Waals surface area contributed by atoms with Crippen molar-refractivity contribution in [2.45, 2.75) is 26.9 Å². The smallest absolute Gasteiger partial charge is 0.361 e. The Balaban J connectivity index is 1.73. The lowest BCUT2D eigenvalue weighted by Gasteiger charge is -2.18. The number of carbonyl (C=O) groups is 1. The van der Waals surface area contributed by atoms with Gasteiger partial charge in [0.15, 0.2) is 0 Å². The van der Waals surface area contributed by atoms with Crippen LogP contribution in [0.1, 0.15) is 42.8 Å². The first-order valence-electron chi connectivity index (χ1n) is 9.66. The summed E-state index contributed by atoms with van der Waals surface area (Å²) >= 11 is 0. The number of benzene rings is 3. The van der Waals surface area contributed by atoms with E-state index in [1.807, 2.05) is 49.4 Å². The second kappa shape index (κ2) is 9.36. The van der Waals surface area contributed by atoms with Gasteiger partial charge >= 0.3 is 13.6 Å². The van der Waals surface area contributed by atoms with Gasteiger partial charge in [-0.25, -0.2) is 4.79 Å². The highest BCUT2D eigenvalue weighted by molar-refractivity contribution is 7.62. The number of carbonyl (C=O) groups excluding carboxylic acids is 1. The van der Waals surface area contributed by atoms with Gasteiger partial charge in [-0.15, -0.1) is 0 Å². The van der Waals surface area contributed by atoms with Gasteiger partial charge in [-0.3, -0.25) is 4.57 Å². The Morgan fingerprint density at radius 3 is 2.14 bits per heavy atom. The summed E-state index contributed by atoms with van der Waals surface area (Å²) in [6, 6.07) is 20.4. The van der Waals surface area contributed by atoms with Crippen LogP contribution in [0.3, 0.4) is 0 Å². The molecule has 5 nitrogen and oxygen atoms in total. The lowest BCUT2D eigenvalue weighted by molar-refractivity contribution is 0.0338. The van der Waals surface area contributed by atoms with Gasteiger partial charge in [-0.05, 0) is 67.4 Å². The summed E-state index contributed by atoms with van der Waals surface area (Å²) in [5.41, 5.74) is 1.30. The standard InChI is InChI=1S/C23H25O5P/c1-4-26-29(25,27-5-2)22-14-12-19(13-15-22)23(24)28-17(3)20-11-10-18-8-6-7-9-21(18)16-20/h6-17H,4-5H2,1-3H3. The molecule has 0 aromatic heterocycles. The van der Waals surface area contributed by atoms with Crippen molar-refractivity contribution in [1.29, 1.82) is 0 Å². The van der Waals surface area contributed by atoms with Crippen molar-refractivity contribution in [3.8, 4) is 0 Å². The molecule has 0 bridgehead atoms. The van der Waals surface area contributed by atoms with Crippen molar-refractivity contribution in [2.24, 2.45) is 0 Å². The van der Waals surface area contributed by atoms with Crippen LogP contribution in [-0.4, -0.2) is 19.2 Å². The average Bonchev–Trinajstić information content (AvgIpc) is 2.73. The lowest BCUT2D eigenvalue weighted by atomic mass is 10.0. The van der Waals surface area contributed by atoms with Crippen molar-refractivity contribution in [2.75, 3.05) is 13.2 Å². The third-order valence-corrected chi connectivity index (χ3v) is 6.67. The number of esters is 1. The van der Waals surface area contributed by atoms with Crippen LogP contribution in [0.4, 0.5) is 0 Å². The first-order valence-corrected chi connectivity index (χ1v) is 11.2. The summed E-state index contributed by atoms with van der Waals surface area (Å²) in [4.78, 5) is 12.6. The predicted octanol–water partition coefficient (Wildman–Crippen LogP) is 5.65. The molecule has 1 unspecified atom stereocenters. The highest BCUT2D eigenvalue weighted by atomic mass is 31.2. The Morgan fingerprint density at radius 2 is 1.52 bits per heavy atom. The van der Waals surface area contributed by atoms with Gasteiger partial charge in [0, 0.05) is 0 Å². The molecule has 1 atom stereocenters. The number of ether oxygens (including phenoxy) is 1. The molecule has 3 rings (SSSR count). The van der Waals surface area contributed by atoms with E-state index in [9.17, 15) is 9.36 Å². The largest absolute Gasteiger partial charge is 0.454 e. The van der Waals surface area contributed by atoms with Crippen LogP contribution >= 0.6 is 7.60 Å². The molecule has 0 spiro atoms. The summed E-state index contributed by atoms with van der Waals surface area (Å²) in [5, 5.41) is 2.65. The SMILES string of the molecule is CCOP(=O)(OCC)c1ccc(C(=O)OC(C)c2ccc3ccccc3c2)cc1. The lowest BCUT2D eigenvalue weighted by Crippen LogP contribution is -2.13. The highest BCUT2D eigenvalue weighted by Crippen LogP contribution is 2.46. The van der Waals surface area contributed by atoms with Crippen molar-refractivity contribution in [3.63, 3.8) is 0 Å². The molecule has 6 heteroatoms. The van der Waals surface area contributed by atoms with Gasteiger partial charge in [0.2, 0.25) is 0 Å².